The molecule has 9 heteroatoms. The number of amides is 1. The molecule has 0 saturated carbocycles. The van der Waals surface area contributed by atoms with Crippen LogP contribution in [-0.2, 0) is 11.3 Å². The molecule has 7 nitrogen and oxygen atoms in total. The Balaban J connectivity index is 1.81. The van der Waals surface area contributed by atoms with Gasteiger partial charge in [-0.05, 0) is 37.1 Å². The van der Waals surface area contributed by atoms with E-state index in [-0.39, 0.29) is 11.2 Å². The van der Waals surface area contributed by atoms with Gasteiger partial charge in [-0.2, -0.15) is 0 Å². The van der Waals surface area contributed by atoms with Gasteiger partial charge in [0.1, 0.15) is 5.75 Å². The summed E-state index contributed by atoms with van der Waals surface area (Å²) in [6, 6.07) is 7.74. The highest BCUT2D eigenvalue weighted by Gasteiger charge is 2.22. The van der Waals surface area contributed by atoms with Gasteiger partial charge in [0.25, 0.3) is 0 Å². The molecule has 1 aromatic carbocycles. The molecule has 28 heavy (non-hydrogen) atoms. The fourth-order valence-electron chi connectivity index (χ4n) is 2.56. The van der Waals surface area contributed by atoms with Crippen molar-refractivity contribution in [2.75, 3.05) is 12.4 Å². The number of carbonyl (C=O) groups excluding carboxylic acids is 1. The maximum Gasteiger partial charge on any atom is 0.239 e. The van der Waals surface area contributed by atoms with Crippen LogP contribution in [0.5, 0.6) is 5.75 Å². The van der Waals surface area contributed by atoms with Crippen molar-refractivity contribution in [3.63, 3.8) is 0 Å². The van der Waals surface area contributed by atoms with E-state index in [0.717, 1.165) is 28.8 Å². The van der Waals surface area contributed by atoms with Gasteiger partial charge in [0, 0.05) is 23.7 Å². The summed E-state index contributed by atoms with van der Waals surface area (Å²) in [6.07, 6.45) is 1.67. The second-order valence-electron chi connectivity index (χ2n) is 6.63. The summed E-state index contributed by atoms with van der Waals surface area (Å²) in [5.41, 5.74) is 0.959. The summed E-state index contributed by atoms with van der Waals surface area (Å²) in [5, 5.41) is 14.4. The Hall–Kier alpha value is -2.39. The topological polar surface area (TPSA) is 81.9 Å². The molecular weight excluding hydrogens is 394 g/mol. The summed E-state index contributed by atoms with van der Waals surface area (Å²) in [7, 11) is 1.64. The van der Waals surface area contributed by atoms with Gasteiger partial charge in [0.05, 0.1) is 12.4 Å². The Morgan fingerprint density at radius 1 is 1.25 bits per heavy atom. The normalized spacial score (nSPS) is 12.2. The molecule has 0 radical (unpaired) electrons. The van der Waals surface area contributed by atoms with Gasteiger partial charge in [-0.15, -0.1) is 21.5 Å². The predicted octanol–water partition coefficient (Wildman–Crippen LogP) is 4.19. The third-order valence-corrected chi connectivity index (χ3v) is 5.70. The Kier molecular flexibility index (Phi) is 6.69. The smallest absolute Gasteiger partial charge is 0.239 e. The van der Waals surface area contributed by atoms with Crippen LogP contribution >= 0.6 is 23.1 Å². The van der Waals surface area contributed by atoms with Gasteiger partial charge < -0.3 is 14.6 Å². The summed E-state index contributed by atoms with van der Waals surface area (Å²) in [6.45, 7) is 6.91. The number of hydrogen-bond donors (Lipinski definition) is 1. The maximum atomic E-state index is 12.5. The molecule has 0 aliphatic heterocycles. The minimum Gasteiger partial charge on any atom is -0.497 e. The molecule has 0 aliphatic rings. The Morgan fingerprint density at radius 2 is 2.00 bits per heavy atom. The van der Waals surface area contributed by atoms with Crippen molar-refractivity contribution in [1.29, 1.82) is 0 Å². The summed E-state index contributed by atoms with van der Waals surface area (Å²) >= 11 is 2.79. The third-order valence-electron chi connectivity index (χ3n) is 3.93. The predicted molar refractivity (Wildman–Crippen MR) is 113 cm³/mol. The van der Waals surface area contributed by atoms with Gasteiger partial charge in [0.2, 0.25) is 5.91 Å². The monoisotopic (exact) mass is 417 g/mol. The van der Waals surface area contributed by atoms with Crippen molar-refractivity contribution < 1.29 is 9.53 Å². The van der Waals surface area contributed by atoms with Crippen molar-refractivity contribution in [2.24, 2.45) is 5.92 Å². The first-order valence-corrected chi connectivity index (χ1v) is 10.7. The molecule has 0 saturated heterocycles. The summed E-state index contributed by atoms with van der Waals surface area (Å²) < 4.78 is 7.31. The molecule has 148 valence electrons. The zero-order chi connectivity index (χ0) is 20.1. The first kappa shape index (κ1) is 20.3. The SMILES string of the molecule is COc1ccc(-c2nnc(SC(C)C(=O)Nc3nccs3)n2CC(C)C)cc1. The molecule has 1 amide bonds. The number of rotatable bonds is 8. The van der Waals surface area contributed by atoms with Crippen molar-refractivity contribution in [1.82, 2.24) is 19.7 Å². The summed E-state index contributed by atoms with van der Waals surface area (Å²) in [5.74, 6) is 1.88. The number of nitrogens with one attached hydrogen (secondary N) is 1. The number of hydrogen-bond acceptors (Lipinski definition) is 7. The van der Waals surface area contributed by atoms with E-state index in [1.807, 2.05) is 36.6 Å². The largest absolute Gasteiger partial charge is 0.497 e. The van der Waals surface area contributed by atoms with E-state index >= 15 is 0 Å². The van der Waals surface area contributed by atoms with Crippen LogP contribution in [0.1, 0.15) is 20.8 Å². The van der Waals surface area contributed by atoms with Crippen LogP contribution < -0.4 is 10.1 Å². The molecule has 0 aliphatic carbocycles. The number of thioether (sulfide) groups is 1. The molecule has 1 N–H and O–H groups in total. The van der Waals surface area contributed by atoms with Crippen molar-refractivity contribution in [3.8, 4) is 17.1 Å². The molecule has 0 bridgehead atoms. The van der Waals surface area contributed by atoms with Crippen LogP contribution in [0.4, 0.5) is 5.13 Å². The molecule has 1 atom stereocenters. The molecule has 1 unspecified atom stereocenters. The van der Waals surface area contributed by atoms with Gasteiger partial charge >= 0.3 is 0 Å². The van der Waals surface area contributed by atoms with E-state index in [2.05, 4.69) is 38.9 Å². The van der Waals surface area contributed by atoms with E-state index in [1.54, 1.807) is 13.3 Å². The van der Waals surface area contributed by atoms with Crippen LogP contribution in [0.3, 0.4) is 0 Å². The lowest BCUT2D eigenvalue weighted by atomic mass is 10.2. The second-order valence-corrected chi connectivity index (χ2v) is 8.83. The highest BCUT2D eigenvalue weighted by atomic mass is 32.2. The Labute approximate surface area is 172 Å². The molecule has 0 fully saturated rings. The first-order valence-electron chi connectivity index (χ1n) is 8.92. The number of aromatic nitrogens is 4. The molecule has 0 spiro atoms. The third kappa shape index (κ3) is 4.90. The van der Waals surface area contributed by atoms with E-state index < -0.39 is 0 Å². The fraction of sp³-hybridized carbons (Fsp3) is 0.368. The fourth-order valence-corrected chi connectivity index (χ4v) is 3.95. The van der Waals surface area contributed by atoms with Gasteiger partial charge in [0.15, 0.2) is 16.1 Å². The molecule has 3 aromatic rings. The van der Waals surface area contributed by atoms with E-state index in [0.29, 0.717) is 11.0 Å². The Bertz CT molecular complexity index is 907. The standard InChI is InChI=1S/C19H23N5O2S2/c1-12(2)11-24-16(14-5-7-15(26-4)8-6-14)22-23-19(24)28-13(3)17(25)21-18-20-9-10-27-18/h5-10,12-13H,11H2,1-4H3,(H,20,21,25). The number of carbonyl (C=O) groups is 1. The summed E-state index contributed by atoms with van der Waals surface area (Å²) in [4.78, 5) is 16.6. The minimum absolute atomic E-state index is 0.106. The minimum atomic E-state index is -0.331. The van der Waals surface area contributed by atoms with Crippen LogP contribution in [0.25, 0.3) is 11.4 Å². The number of ether oxygens (including phenoxy) is 1. The number of anilines is 1. The zero-order valence-corrected chi connectivity index (χ0v) is 17.9. The molecular formula is C19H23N5O2S2. The van der Waals surface area contributed by atoms with E-state index in [1.165, 1.54) is 23.1 Å². The average Bonchev–Trinajstić information content (AvgIpc) is 3.32. The number of benzene rings is 1. The lowest BCUT2D eigenvalue weighted by molar-refractivity contribution is -0.115. The molecule has 2 aromatic heterocycles. The number of thiazole rings is 1. The molecule has 3 rings (SSSR count). The van der Waals surface area contributed by atoms with Crippen molar-refractivity contribution in [2.45, 2.75) is 37.7 Å². The second kappa shape index (κ2) is 9.20. The van der Waals surface area contributed by atoms with Crippen LogP contribution in [0.2, 0.25) is 0 Å². The average molecular weight is 418 g/mol. The van der Waals surface area contributed by atoms with E-state index in [9.17, 15) is 4.79 Å². The zero-order valence-electron chi connectivity index (χ0n) is 16.2. The van der Waals surface area contributed by atoms with Crippen LogP contribution in [-0.4, -0.2) is 38.0 Å². The Morgan fingerprint density at radius 3 is 2.61 bits per heavy atom. The lowest BCUT2D eigenvalue weighted by Crippen LogP contribution is -2.23. The van der Waals surface area contributed by atoms with Gasteiger partial charge in [-0.3, -0.25) is 4.79 Å². The molecule has 2 heterocycles. The number of methoxy groups -OCH3 is 1. The van der Waals surface area contributed by atoms with E-state index in [4.69, 9.17) is 4.74 Å². The van der Waals surface area contributed by atoms with Gasteiger partial charge in [-0.25, -0.2) is 4.98 Å². The van der Waals surface area contributed by atoms with Crippen molar-refractivity contribution in [3.05, 3.63) is 35.8 Å². The maximum absolute atomic E-state index is 12.5. The van der Waals surface area contributed by atoms with Gasteiger partial charge in [-0.1, -0.05) is 25.6 Å². The quantitative estimate of drug-likeness (QED) is 0.554. The van der Waals surface area contributed by atoms with Crippen LogP contribution in [0, 0.1) is 5.92 Å². The number of nitrogens with zero attached hydrogens (tertiary/aromatic N) is 4. The highest BCUT2D eigenvalue weighted by molar-refractivity contribution is 8.00. The van der Waals surface area contributed by atoms with Crippen LogP contribution in [0.15, 0.2) is 41.0 Å². The highest BCUT2D eigenvalue weighted by Crippen LogP contribution is 2.29. The first-order chi connectivity index (χ1) is 13.5. The van der Waals surface area contributed by atoms with Crippen molar-refractivity contribution >= 4 is 34.1 Å². The lowest BCUT2D eigenvalue weighted by Gasteiger charge is -2.15.